The van der Waals surface area contributed by atoms with Gasteiger partial charge in [-0.25, -0.2) is 0 Å². The Labute approximate surface area is 273 Å². The third kappa shape index (κ3) is 6.65. The molecule has 10 nitrogen and oxygen atoms in total. The molecule has 10 heteroatoms. The van der Waals surface area contributed by atoms with Gasteiger partial charge in [-0.3, -0.25) is 19.2 Å². The lowest BCUT2D eigenvalue weighted by Crippen LogP contribution is -2.59. The highest BCUT2D eigenvalue weighted by molar-refractivity contribution is 5.98. The van der Waals surface area contributed by atoms with E-state index >= 15 is 0 Å². The zero-order valence-electron chi connectivity index (χ0n) is 28.0. The number of benzene rings is 1. The average Bonchev–Trinajstić information content (AvgIpc) is 3.67. The molecular weight excluding hydrogens is 586 g/mol. The average molecular weight is 638 g/mol. The van der Waals surface area contributed by atoms with E-state index < -0.39 is 53.2 Å². The first-order chi connectivity index (χ1) is 21.8. The summed E-state index contributed by atoms with van der Waals surface area (Å²) in [6.45, 7) is 15.7. The fourth-order valence-corrected chi connectivity index (χ4v) is 7.43. The van der Waals surface area contributed by atoms with Crippen LogP contribution in [0.4, 0.5) is 0 Å². The minimum Gasteiger partial charge on any atom is -0.455 e. The largest absolute Gasteiger partial charge is 0.455 e. The zero-order valence-corrected chi connectivity index (χ0v) is 28.0. The number of allylic oxidation sites excluding steroid dienone is 1. The van der Waals surface area contributed by atoms with Gasteiger partial charge in [0.25, 0.3) is 0 Å². The van der Waals surface area contributed by atoms with Crippen molar-refractivity contribution >= 4 is 23.7 Å². The van der Waals surface area contributed by atoms with Crippen molar-refractivity contribution in [3.05, 3.63) is 61.2 Å². The second-order valence-electron chi connectivity index (χ2n) is 13.8. The Morgan fingerprint density at radius 2 is 1.87 bits per heavy atom. The monoisotopic (exact) mass is 637 g/mol. The van der Waals surface area contributed by atoms with E-state index in [1.807, 2.05) is 58.0 Å². The van der Waals surface area contributed by atoms with Crippen LogP contribution in [0.25, 0.3) is 0 Å². The van der Waals surface area contributed by atoms with Gasteiger partial charge < -0.3 is 29.3 Å². The van der Waals surface area contributed by atoms with E-state index in [2.05, 4.69) is 13.2 Å². The van der Waals surface area contributed by atoms with Gasteiger partial charge in [0.1, 0.15) is 17.7 Å². The van der Waals surface area contributed by atoms with Crippen molar-refractivity contribution in [2.45, 2.75) is 102 Å². The Morgan fingerprint density at radius 1 is 1.17 bits per heavy atom. The minimum atomic E-state index is -1.17. The molecule has 3 aliphatic rings. The number of likely N-dealkylation sites (N-methyl/N-ethyl adjacent to an activating group) is 1. The Bertz CT molecular complexity index is 1290. The van der Waals surface area contributed by atoms with Crippen LogP contribution in [-0.4, -0.2) is 99.6 Å². The van der Waals surface area contributed by atoms with Crippen LogP contribution in [0.2, 0.25) is 0 Å². The van der Waals surface area contributed by atoms with Crippen LogP contribution in [0.3, 0.4) is 0 Å². The molecule has 1 aromatic carbocycles. The van der Waals surface area contributed by atoms with Crippen LogP contribution >= 0.6 is 0 Å². The lowest BCUT2D eigenvalue weighted by atomic mass is 9.70. The summed E-state index contributed by atoms with van der Waals surface area (Å²) in [5.41, 5.74) is -0.993. The minimum absolute atomic E-state index is 0.0308. The van der Waals surface area contributed by atoms with Crippen molar-refractivity contribution in [3.63, 3.8) is 0 Å². The number of nitrogens with zero attached hydrogens (tertiary/aromatic N) is 3. The second-order valence-corrected chi connectivity index (χ2v) is 13.8. The van der Waals surface area contributed by atoms with E-state index in [0.717, 1.165) is 5.56 Å². The quantitative estimate of drug-likeness (QED) is 0.175. The van der Waals surface area contributed by atoms with Crippen LogP contribution in [0, 0.1) is 11.8 Å². The molecule has 1 aromatic rings. The molecule has 0 unspecified atom stereocenters. The SMILES string of the molecule is C=CCCC(=O)N(C)[C@H](C)[C@H](OC(=O)[C@@H]1[C@H]2C(=O)N(CCCCO)[C@H](C(=O)N(CC=C)C(C)(C)C)[C@]23CC[C@H]1O3)c1ccccc1. The summed E-state index contributed by atoms with van der Waals surface area (Å²) < 4.78 is 12.9. The van der Waals surface area contributed by atoms with Crippen molar-refractivity contribution in [1.29, 1.82) is 0 Å². The van der Waals surface area contributed by atoms with Crippen LogP contribution in [0.1, 0.15) is 77.9 Å². The van der Waals surface area contributed by atoms with Crippen LogP contribution in [0.5, 0.6) is 0 Å². The highest BCUT2D eigenvalue weighted by atomic mass is 16.6. The highest BCUT2D eigenvalue weighted by Gasteiger charge is 2.75. The van der Waals surface area contributed by atoms with Crippen molar-refractivity contribution in [3.8, 4) is 0 Å². The molecule has 3 aliphatic heterocycles. The molecule has 1 N–H and O–H groups in total. The zero-order chi connectivity index (χ0) is 33.8. The number of carbonyl (C=O) groups excluding carboxylic acids is 4. The Kier molecular flexibility index (Phi) is 11.2. The number of ether oxygens (including phenoxy) is 2. The highest BCUT2D eigenvalue weighted by Crippen LogP contribution is 2.59. The van der Waals surface area contributed by atoms with Crippen LogP contribution in [-0.2, 0) is 28.7 Å². The number of rotatable bonds is 15. The topological polar surface area (TPSA) is 117 Å². The van der Waals surface area contributed by atoms with E-state index in [0.29, 0.717) is 38.6 Å². The van der Waals surface area contributed by atoms with Crippen molar-refractivity contribution < 1.29 is 33.8 Å². The molecule has 0 aliphatic carbocycles. The number of hydrogen-bond donors (Lipinski definition) is 1. The Morgan fingerprint density at radius 3 is 2.48 bits per heavy atom. The lowest BCUT2D eigenvalue weighted by molar-refractivity contribution is -0.164. The van der Waals surface area contributed by atoms with Gasteiger partial charge in [-0.05, 0) is 65.4 Å². The maximum Gasteiger partial charge on any atom is 0.313 e. The number of hydrogen-bond acceptors (Lipinski definition) is 7. The van der Waals surface area contributed by atoms with Gasteiger partial charge in [0.05, 0.1) is 24.0 Å². The van der Waals surface area contributed by atoms with Gasteiger partial charge in [-0.2, -0.15) is 0 Å². The van der Waals surface area contributed by atoms with E-state index in [-0.39, 0.29) is 37.3 Å². The fourth-order valence-electron chi connectivity index (χ4n) is 7.43. The number of carbonyl (C=O) groups is 4. The predicted molar refractivity (Wildman–Crippen MR) is 174 cm³/mol. The summed E-state index contributed by atoms with van der Waals surface area (Å²) in [7, 11) is 1.70. The number of aliphatic hydroxyl groups excluding tert-OH is 1. The molecule has 0 aromatic heterocycles. The van der Waals surface area contributed by atoms with Gasteiger partial charge in [-0.15, -0.1) is 13.2 Å². The standard InChI is InChI=1S/C36H51N3O7/c1-8-10-18-27(41)37(7)24(3)30(25-16-12-11-13-17-25)45-34(44)28-26-19-20-36(46-26)29(28)32(42)38(22-14-15-23-40)31(36)33(43)39(21-9-2)35(4,5)6/h8-9,11-13,16-17,24,26,28-31,40H,1-2,10,14-15,18-23H2,3-7H3/t24-,26-,28+,29+,30+,31-,36+/m1/s1. The van der Waals surface area contributed by atoms with Crippen LogP contribution in [0.15, 0.2) is 55.6 Å². The van der Waals surface area contributed by atoms with E-state index in [9.17, 15) is 24.3 Å². The molecule has 1 spiro atoms. The summed E-state index contributed by atoms with van der Waals surface area (Å²) in [6.07, 6.45) is 4.78. The number of fused-ring (bicyclic) bond motifs is 1. The number of unbranched alkanes of at least 4 members (excludes halogenated alkanes) is 1. The first-order valence-electron chi connectivity index (χ1n) is 16.5. The van der Waals surface area contributed by atoms with Crippen molar-refractivity contribution in [2.75, 3.05) is 26.7 Å². The first kappa shape index (κ1) is 35.4. The Hall–Kier alpha value is -3.50. The summed E-state index contributed by atoms with van der Waals surface area (Å²) in [5, 5.41) is 9.46. The third-order valence-corrected chi connectivity index (χ3v) is 9.88. The van der Waals surface area contributed by atoms with E-state index in [1.165, 1.54) is 0 Å². The maximum atomic E-state index is 14.4. The predicted octanol–water partition coefficient (Wildman–Crippen LogP) is 4.04. The molecule has 3 saturated heterocycles. The van der Waals surface area contributed by atoms with Gasteiger partial charge in [0.2, 0.25) is 17.7 Å². The smallest absolute Gasteiger partial charge is 0.313 e. The third-order valence-electron chi connectivity index (χ3n) is 9.88. The van der Waals surface area contributed by atoms with Gasteiger partial charge in [-0.1, -0.05) is 42.5 Å². The van der Waals surface area contributed by atoms with Gasteiger partial charge in [0.15, 0.2) is 0 Å². The Balaban J connectivity index is 1.68. The molecule has 7 atom stereocenters. The summed E-state index contributed by atoms with van der Waals surface area (Å²) in [4.78, 5) is 60.9. The molecular formula is C36H51N3O7. The number of amides is 3. The molecule has 0 saturated carbocycles. The molecule has 3 heterocycles. The molecule has 4 rings (SSSR count). The molecule has 2 bridgehead atoms. The van der Waals surface area contributed by atoms with Crippen molar-refractivity contribution in [2.24, 2.45) is 11.8 Å². The molecule has 3 fully saturated rings. The summed E-state index contributed by atoms with van der Waals surface area (Å²) >= 11 is 0. The summed E-state index contributed by atoms with van der Waals surface area (Å²) in [6, 6.07) is 7.87. The van der Waals surface area contributed by atoms with Crippen molar-refractivity contribution in [1.82, 2.24) is 14.7 Å². The summed E-state index contributed by atoms with van der Waals surface area (Å²) in [5.74, 6) is -2.99. The van der Waals surface area contributed by atoms with E-state index in [4.69, 9.17) is 9.47 Å². The van der Waals surface area contributed by atoms with Gasteiger partial charge >= 0.3 is 5.97 Å². The van der Waals surface area contributed by atoms with Crippen LogP contribution < -0.4 is 0 Å². The molecule has 252 valence electrons. The second kappa shape index (κ2) is 14.5. The number of aliphatic hydroxyl groups is 1. The molecule has 46 heavy (non-hydrogen) atoms. The number of esters is 1. The maximum absolute atomic E-state index is 14.4. The fraction of sp³-hybridized carbons (Fsp3) is 0.611. The normalized spacial score (nSPS) is 26.3. The molecule has 3 amide bonds. The molecule has 0 radical (unpaired) electrons. The lowest BCUT2D eigenvalue weighted by Gasteiger charge is -2.42. The van der Waals surface area contributed by atoms with E-state index in [1.54, 1.807) is 33.9 Å². The first-order valence-corrected chi connectivity index (χ1v) is 16.5. The van der Waals surface area contributed by atoms with Gasteiger partial charge in [0, 0.05) is 38.7 Å². The number of likely N-dealkylation sites (tertiary alicyclic amines) is 1.